The highest BCUT2D eigenvalue weighted by atomic mass is 32.2. The van der Waals surface area contributed by atoms with E-state index in [0.29, 0.717) is 4.75 Å². The van der Waals surface area contributed by atoms with Crippen molar-refractivity contribution in [2.24, 2.45) is 4.99 Å². The average molecular weight is 287 g/mol. The maximum atomic E-state index is 5.50. The zero-order valence-electron chi connectivity index (χ0n) is 13.0. The van der Waals surface area contributed by atoms with Crippen LogP contribution in [0.3, 0.4) is 0 Å². The Bertz CT molecular complexity index is 288. The Hall–Kier alpha value is -0.420. The van der Waals surface area contributed by atoms with Crippen LogP contribution in [0.2, 0.25) is 0 Å². The summed E-state index contributed by atoms with van der Waals surface area (Å²) in [5.41, 5.74) is 0.0303. The molecule has 0 aliphatic carbocycles. The third kappa shape index (κ3) is 6.04. The van der Waals surface area contributed by atoms with Crippen molar-refractivity contribution in [2.45, 2.75) is 50.8 Å². The van der Waals surface area contributed by atoms with Gasteiger partial charge in [-0.25, -0.2) is 0 Å². The number of nitrogens with one attached hydrogen (secondary N) is 2. The molecular weight excluding hydrogens is 258 g/mol. The molecule has 1 heterocycles. The van der Waals surface area contributed by atoms with Gasteiger partial charge in [-0.1, -0.05) is 6.92 Å². The standard InChI is InChI=1S/C14H29N3OS/c1-6-19-14(7-9-18-10-8-14)11-16-12(15-5)17-13(2,3)4/h6-11H2,1-5H3,(H2,15,16,17). The third-order valence-electron chi connectivity index (χ3n) is 3.15. The fourth-order valence-corrected chi connectivity index (χ4v) is 3.44. The lowest BCUT2D eigenvalue weighted by molar-refractivity contribution is 0.0781. The van der Waals surface area contributed by atoms with Crippen molar-refractivity contribution in [1.82, 2.24) is 10.6 Å². The van der Waals surface area contributed by atoms with E-state index in [2.05, 4.69) is 43.3 Å². The van der Waals surface area contributed by atoms with E-state index in [4.69, 9.17) is 4.74 Å². The molecule has 19 heavy (non-hydrogen) atoms. The molecule has 0 aromatic heterocycles. The molecule has 0 radical (unpaired) electrons. The lowest BCUT2D eigenvalue weighted by Gasteiger charge is -2.37. The number of hydrogen-bond acceptors (Lipinski definition) is 3. The Balaban J connectivity index is 2.55. The Morgan fingerprint density at radius 3 is 2.42 bits per heavy atom. The summed E-state index contributed by atoms with van der Waals surface area (Å²) >= 11 is 2.04. The van der Waals surface area contributed by atoms with E-state index in [1.807, 2.05) is 18.8 Å². The molecule has 2 N–H and O–H groups in total. The van der Waals surface area contributed by atoms with Crippen LogP contribution in [0, 0.1) is 0 Å². The van der Waals surface area contributed by atoms with Crippen LogP contribution in [0.15, 0.2) is 4.99 Å². The van der Waals surface area contributed by atoms with Gasteiger partial charge in [0.2, 0.25) is 0 Å². The number of rotatable bonds is 4. The van der Waals surface area contributed by atoms with E-state index >= 15 is 0 Å². The summed E-state index contributed by atoms with van der Waals surface area (Å²) in [6.45, 7) is 11.4. The molecule has 0 bridgehead atoms. The van der Waals surface area contributed by atoms with E-state index in [-0.39, 0.29) is 5.54 Å². The average Bonchev–Trinajstić information content (AvgIpc) is 2.35. The Morgan fingerprint density at radius 2 is 1.95 bits per heavy atom. The van der Waals surface area contributed by atoms with Crippen LogP contribution in [0.5, 0.6) is 0 Å². The molecule has 1 saturated heterocycles. The molecule has 112 valence electrons. The summed E-state index contributed by atoms with van der Waals surface area (Å²) in [6, 6.07) is 0. The minimum atomic E-state index is 0.0303. The number of hydrogen-bond donors (Lipinski definition) is 2. The normalized spacial score (nSPS) is 20.2. The smallest absolute Gasteiger partial charge is 0.191 e. The van der Waals surface area contributed by atoms with Gasteiger partial charge < -0.3 is 15.4 Å². The van der Waals surface area contributed by atoms with E-state index in [0.717, 1.165) is 44.3 Å². The van der Waals surface area contributed by atoms with Crippen molar-refractivity contribution in [3.05, 3.63) is 0 Å². The molecule has 1 rings (SSSR count). The maximum Gasteiger partial charge on any atom is 0.191 e. The van der Waals surface area contributed by atoms with Gasteiger partial charge in [0.25, 0.3) is 0 Å². The monoisotopic (exact) mass is 287 g/mol. The Morgan fingerprint density at radius 1 is 1.32 bits per heavy atom. The summed E-state index contributed by atoms with van der Waals surface area (Å²) in [5, 5.41) is 6.89. The van der Waals surface area contributed by atoms with Crippen molar-refractivity contribution >= 4 is 17.7 Å². The van der Waals surface area contributed by atoms with Gasteiger partial charge >= 0.3 is 0 Å². The molecule has 0 atom stereocenters. The van der Waals surface area contributed by atoms with Gasteiger partial charge in [-0.3, -0.25) is 4.99 Å². The Kier molecular flexibility index (Phi) is 6.47. The minimum Gasteiger partial charge on any atom is -0.381 e. The first-order valence-electron chi connectivity index (χ1n) is 7.11. The second kappa shape index (κ2) is 7.39. The van der Waals surface area contributed by atoms with Crippen LogP contribution < -0.4 is 10.6 Å². The summed E-state index contributed by atoms with van der Waals surface area (Å²) in [6.07, 6.45) is 2.23. The molecule has 5 heteroatoms. The van der Waals surface area contributed by atoms with Crippen LogP contribution in [-0.2, 0) is 4.74 Å². The SMILES string of the molecule is CCSC1(CNC(=NC)NC(C)(C)C)CCOCC1. The zero-order valence-corrected chi connectivity index (χ0v) is 13.8. The second-order valence-electron chi connectivity index (χ2n) is 6.03. The predicted octanol–water partition coefficient (Wildman–Crippen LogP) is 2.25. The fraction of sp³-hybridized carbons (Fsp3) is 0.929. The van der Waals surface area contributed by atoms with E-state index in [1.165, 1.54) is 0 Å². The highest BCUT2D eigenvalue weighted by molar-refractivity contribution is 8.00. The molecule has 0 spiro atoms. The van der Waals surface area contributed by atoms with Gasteiger partial charge in [0.15, 0.2) is 5.96 Å². The van der Waals surface area contributed by atoms with Crippen molar-refractivity contribution in [2.75, 3.05) is 32.6 Å². The molecule has 0 unspecified atom stereocenters. The summed E-state index contributed by atoms with van der Waals surface area (Å²) in [4.78, 5) is 4.30. The first-order chi connectivity index (χ1) is 8.91. The number of thioether (sulfide) groups is 1. The van der Waals surface area contributed by atoms with Gasteiger partial charge in [0.1, 0.15) is 0 Å². The van der Waals surface area contributed by atoms with Crippen molar-refractivity contribution in [3.8, 4) is 0 Å². The molecular formula is C14H29N3OS. The van der Waals surface area contributed by atoms with Crippen LogP contribution in [0.25, 0.3) is 0 Å². The fourth-order valence-electron chi connectivity index (χ4n) is 2.20. The van der Waals surface area contributed by atoms with Crippen LogP contribution >= 0.6 is 11.8 Å². The van der Waals surface area contributed by atoms with Gasteiger partial charge in [0, 0.05) is 37.1 Å². The van der Waals surface area contributed by atoms with Crippen molar-refractivity contribution < 1.29 is 4.74 Å². The second-order valence-corrected chi connectivity index (χ2v) is 7.76. The molecule has 0 saturated carbocycles. The van der Waals surface area contributed by atoms with Gasteiger partial charge in [0.05, 0.1) is 0 Å². The highest BCUT2D eigenvalue weighted by Crippen LogP contribution is 2.34. The van der Waals surface area contributed by atoms with E-state index in [9.17, 15) is 0 Å². The molecule has 1 aliphatic heterocycles. The van der Waals surface area contributed by atoms with Gasteiger partial charge in [-0.15, -0.1) is 0 Å². The van der Waals surface area contributed by atoms with E-state index in [1.54, 1.807) is 0 Å². The quantitative estimate of drug-likeness (QED) is 0.615. The molecule has 1 aliphatic rings. The largest absolute Gasteiger partial charge is 0.381 e. The minimum absolute atomic E-state index is 0.0303. The third-order valence-corrected chi connectivity index (χ3v) is 4.60. The lowest BCUT2D eigenvalue weighted by Crippen LogP contribution is -2.52. The molecule has 0 amide bonds. The number of nitrogens with zero attached hydrogens (tertiary/aromatic N) is 1. The summed E-state index contributed by atoms with van der Waals surface area (Å²) in [5.74, 6) is 2.03. The highest BCUT2D eigenvalue weighted by Gasteiger charge is 2.32. The Labute approximate surface area is 122 Å². The predicted molar refractivity (Wildman–Crippen MR) is 85.2 cm³/mol. The topological polar surface area (TPSA) is 45.7 Å². The van der Waals surface area contributed by atoms with Gasteiger partial charge in [-0.2, -0.15) is 11.8 Å². The van der Waals surface area contributed by atoms with Crippen LogP contribution in [0.4, 0.5) is 0 Å². The van der Waals surface area contributed by atoms with E-state index < -0.39 is 0 Å². The number of guanidine groups is 1. The summed E-state index contributed by atoms with van der Waals surface area (Å²) < 4.78 is 5.79. The first-order valence-corrected chi connectivity index (χ1v) is 8.10. The van der Waals surface area contributed by atoms with Crippen LogP contribution in [-0.4, -0.2) is 48.8 Å². The first kappa shape index (κ1) is 16.6. The van der Waals surface area contributed by atoms with Gasteiger partial charge in [-0.05, 0) is 39.4 Å². The number of ether oxygens (including phenoxy) is 1. The van der Waals surface area contributed by atoms with Crippen molar-refractivity contribution in [3.63, 3.8) is 0 Å². The molecule has 0 aromatic rings. The zero-order chi connectivity index (χ0) is 14.4. The molecule has 4 nitrogen and oxygen atoms in total. The number of aliphatic imine (C=N–C) groups is 1. The molecule has 1 fully saturated rings. The molecule has 0 aromatic carbocycles. The van der Waals surface area contributed by atoms with Crippen LogP contribution in [0.1, 0.15) is 40.5 Å². The lowest BCUT2D eigenvalue weighted by atomic mass is 9.99. The summed E-state index contributed by atoms with van der Waals surface area (Å²) in [7, 11) is 1.82. The van der Waals surface area contributed by atoms with Crippen molar-refractivity contribution in [1.29, 1.82) is 0 Å². The maximum absolute atomic E-state index is 5.50.